The van der Waals surface area contributed by atoms with Crippen LogP contribution in [0.25, 0.3) is 0 Å². The van der Waals surface area contributed by atoms with Gasteiger partial charge >= 0.3 is 0 Å². The lowest BCUT2D eigenvalue weighted by Crippen LogP contribution is -2.47. The summed E-state index contributed by atoms with van der Waals surface area (Å²) in [6.45, 7) is 4.82. The van der Waals surface area contributed by atoms with E-state index >= 15 is 0 Å². The highest BCUT2D eigenvalue weighted by Crippen LogP contribution is 2.17. The molecule has 1 rings (SSSR count). The predicted molar refractivity (Wildman–Crippen MR) is 78.4 cm³/mol. The van der Waals surface area contributed by atoms with Crippen molar-refractivity contribution in [1.82, 2.24) is 5.32 Å². The number of benzene rings is 1. The lowest BCUT2D eigenvalue weighted by Gasteiger charge is -2.31. The average molecular weight is 280 g/mol. The molecule has 0 atom stereocenters. The molecule has 1 amide bonds. The Balaban J connectivity index is 2.55. The van der Waals surface area contributed by atoms with Gasteiger partial charge in [-0.1, -0.05) is 26.0 Å². The fourth-order valence-electron chi connectivity index (χ4n) is 1.93. The van der Waals surface area contributed by atoms with Gasteiger partial charge in [-0.15, -0.1) is 0 Å². The second kappa shape index (κ2) is 7.87. The smallest absolute Gasteiger partial charge is 0.255 e. The summed E-state index contributed by atoms with van der Waals surface area (Å²) in [5.41, 5.74) is 5.89. The number of primary amides is 1. The third-order valence-electron chi connectivity index (χ3n) is 3.63. The number of aliphatic hydroxyl groups excluding tert-OH is 1. The van der Waals surface area contributed by atoms with Gasteiger partial charge in [0.15, 0.2) is 6.61 Å². The van der Waals surface area contributed by atoms with E-state index in [1.54, 1.807) is 12.1 Å². The molecule has 1 aromatic carbocycles. The summed E-state index contributed by atoms with van der Waals surface area (Å²) in [6.07, 6.45) is 1.75. The Bertz CT molecular complexity index is 405. The van der Waals surface area contributed by atoms with Crippen LogP contribution < -0.4 is 15.8 Å². The van der Waals surface area contributed by atoms with E-state index in [-0.39, 0.29) is 18.8 Å². The van der Waals surface area contributed by atoms with Gasteiger partial charge in [0.2, 0.25) is 0 Å². The molecule has 0 radical (unpaired) electrons. The Morgan fingerprint density at radius 1 is 1.30 bits per heavy atom. The molecule has 0 bridgehead atoms. The normalized spacial score (nSPS) is 11.3. The molecule has 20 heavy (non-hydrogen) atoms. The second-order valence-electron chi connectivity index (χ2n) is 4.90. The molecule has 0 unspecified atom stereocenters. The maximum absolute atomic E-state index is 10.6. The number of hydrogen-bond acceptors (Lipinski definition) is 4. The van der Waals surface area contributed by atoms with Crippen molar-refractivity contribution in [3.63, 3.8) is 0 Å². The monoisotopic (exact) mass is 280 g/mol. The van der Waals surface area contributed by atoms with Crippen LogP contribution in [-0.2, 0) is 11.3 Å². The van der Waals surface area contributed by atoms with Crippen LogP contribution in [0.1, 0.15) is 32.3 Å². The highest BCUT2D eigenvalue weighted by Gasteiger charge is 2.23. The lowest BCUT2D eigenvalue weighted by molar-refractivity contribution is -0.119. The van der Waals surface area contributed by atoms with Crippen molar-refractivity contribution in [2.24, 2.45) is 5.73 Å². The maximum Gasteiger partial charge on any atom is 0.255 e. The van der Waals surface area contributed by atoms with Gasteiger partial charge in [0, 0.05) is 12.1 Å². The van der Waals surface area contributed by atoms with Crippen LogP contribution in [0.3, 0.4) is 0 Å². The number of aliphatic hydroxyl groups is 1. The molecule has 0 aliphatic carbocycles. The number of nitrogens with two attached hydrogens (primary N) is 1. The van der Waals surface area contributed by atoms with Crippen molar-refractivity contribution in [2.75, 3.05) is 13.2 Å². The van der Waals surface area contributed by atoms with Gasteiger partial charge in [-0.05, 0) is 30.5 Å². The number of rotatable bonds is 9. The van der Waals surface area contributed by atoms with Gasteiger partial charge in [0.25, 0.3) is 5.91 Å². The standard InChI is InChI=1S/C15H24N2O3/c1-3-15(4-2,11-18)17-9-12-5-7-13(8-6-12)20-10-14(16)19/h5-8,17-18H,3-4,9-11H2,1-2H3,(H2,16,19). The van der Waals surface area contributed by atoms with Crippen molar-refractivity contribution in [3.05, 3.63) is 29.8 Å². The first-order chi connectivity index (χ1) is 9.55. The molecular weight excluding hydrogens is 256 g/mol. The highest BCUT2D eigenvalue weighted by atomic mass is 16.5. The molecule has 5 nitrogen and oxygen atoms in total. The number of amides is 1. The van der Waals surface area contributed by atoms with Gasteiger partial charge in [0.1, 0.15) is 5.75 Å². The molecule has 0 saturated heterocycles. The zero-order valence-corrected chi connectivity index (χ0v) is 12.2. The highest BCUT2D eigenvalue weighted by molar-refractivity contribution is 5.75. The van der Waals surface area contributed by atoms with Crippen molar-refractivity contribution in [3.8, 4) is 5.75 Å². The van der Waals surface area contributed by atoms with Crippen molar-refractivity contribution >= 4 is 5.91 Å². The number of hydrogen-bond donors (Lipinski definition) is 3. The van der Waals surface area contributed by atoms with Gasteiger partial charge < -0.3 is 20.9 Å². The van der Waals surface area contributed by atoms with E-state index in [1.165, 1.54) is 0 Å². The van der Waals surface area contributed by atoms with Crippen molar-refractivity contribution in [2.45, 2.75) is 38.8 Å². The van der Waals surface area contributed by atoms with E-state index in [1.807, 2.05) is 12.1 Å². The van der Waals surface area contributed by atoms with Crippen LogP contribution in [0.4, 0.5) is 0 Å². The minimum absolute atomic E-state index is 0.114. The summed E-state index contributed by atoms with van der Waals surface area (Å²) < 4.78 is 5.20. The first-order valence-corrected chi connectivity index (χ1v) is 6.91. The average Bonchev–Trinajstić information content (AvgIpc) is 2.48. The van der Waals surface area contributed by atoms with Gasteiger partial charge in [0.05, 0.1) is 6.61 Å². The fraction of sp³-hybridized carbons (Fsp3) is 0.533. The van der Waals surface area contributed by atoms with Crippen LogP contribution in [0, 0.1) is 0 Å². The zero-order chi connectivity index (χ0) is 15.0. The topological polar surface area (TPSA) is 84.6 Å². The fourth-order valence-corrected chi connectivity index (χ4v) is 1.93. The van der Waals surface area contributed by atoms with Crippen LogP contribution in [0.15, 0.2) is 24.3 Å². The van der Waals surface area contributed by atoms with Gasteiger partial charge in [-0.2, -0.15) is 0 Å². The van der Waals surface area contributed by atoms with E-state index in [9.17, 15) is 9.90 Å². The number of ether oxygens (including phenoxy) is 1. The molecule has 4 N–H and O–H groups in total. The van der Waals surface area contributed by atoms with Crippen LogP contribution in [0.5, 0.6) is 5.75 Å². The van der Waals surface area contributed by atoms with Crippen molar-refractivity contribution in [1.29, 1.82) is 0 Å². The number of carbonyl (C=O) groups is 1. The maximum atomic E-state index is 10.6. The molecule has 0 fully saturated rings. The first kappa shape index (κ1) is 16.5. The summed E-state index contributed by atoms with van der Waals surface area (Å²) in [5, 5.41) is 12.9. The zero-order valence-electron chi connectivity index (χ0n) is 12.2. The molecular formula is C15H24N2O3. The Hall–Kier alpha value is -1.59. The summed E-state index contributed by atoms with van der Waals surface area (Å²) in [6, 6.07) is 7.46. The molecule has 0 aliphatic rings. The van der Waals surface area contributed by atoms with Crippen LogP contribution in [-0.4, -0.2) is 29.8 Å². The molecule has 0 aliphatic heterocycles. The third-order valence-corrected chi connectivity index (χ3v) is 3.63. The molecule has 0 saturated carbocycles. The molecule has 0 aromatic heterocycles. The first-order valence-electron chi connectivity index (χ1n) is 6.91. The SMILES string of the molecule is CCC(CC)(CO)NCc1ccc(OCC(N)=O)cc1. The van der Waals surface area contributed by atoms with Gasteiger partial charge in [-0.3, -0.25) is 4.79 Å². The van der Waals surface area contributed by atoms with E-state index in [4.69, 9.17) is 10.5 Å². The molecule has 1 aromatic rings. The summed E-state index contributed by atoms with van der Waals surface area (Å²) in [5.74, 6) is 0.126. The van der Waals surface area contributed by atoms with E-state index < -0.39 is 5.91 Å². The number of nitrogens with one attached hydrogen (secondary N) is 1. The molecule has 0 heterocycles. The Kier molecular flexibility index (Phi) is 6.48. The largest absolute Gasteiger partial charge is 0.484 e. The van der Waals surface area contributed by atoms with Gasteiger partial charge in [-0.25, -0.2) is 0 Å². The van der Waals surface area contributed by atoms with Crippen molar-refractivity contribution < 1.29 is 14.6 Å². The Morgan fingerprint density at radius 2 is 1.90 bits per heavy atom. The third kappa shape index (κ3) is 4.83. The summed E-state index contributed by atoms with van der Waals surface area (Å²) in [4.78, 5) is 10.6. The summed E-state index contributed by atoms with van der Waals surface area (Å²) >= 11 is 0. The second-order valence-corrected chi connectivity index (χ2v) is 4.90. The molecule has 5 heteroatoms. The van der Waals surface area contributed by atoms with Crippen LogP contribution >= 0.6 is 0 Å². The Morgan fingerprint density at radius 3 is 2.35 bits per heavy atom. The minimum atomic E-state index is -0.491. The van der Waals surface area contributed by atoms with E-state index in [2.05, 4.69) is 19.2 Å². The van der Waals surface area contributed by atoms with Crippen LogP contribution in [0.2, 0.25) is 0 Å². The van der Waals surface area contributed by atoms with E-state index in [0.717, 1.165) is 18.4 Å². The summed E-state index contributed by atoms with van der Waals surface area (Å²) in [7, 11) is 0. The Labute approximate surface area is 120 Å². The number of carbonyl (C=O) groups excluding carboxylic acids is 1. The quantitative estimate of drug-likeness (QED) is 0.634. The predicted octanol–water partition coefficient (Wildman–Crippen LogP) is 1.19. The molecule has 112 valence electrons. The van der Waals surface area contributed by atoms with E-state index in [0.29, 0.717) is 12.3 Å². The molecule has 0 spiro atoms. The minimum Gasteiger partial charge on any atom is -0.484 e. The lowest BCUT2D eigenvalue weighted by atomic mass is 9.93.